The monoisotopic (exact) mass is 307 g/mol. The van der Waals surface area contributed by atoms with Crippen LogP contribution in [0.2, 0.25) is 0 Å². The molecule has 0 aliphatic heterocycles. The smallest absolute Gasteiger partial charge is 0.250 e. The summed E-state index contributed by atoms with van der Waals surface area (Å²) in [6.07, 6.45) is 0.772. The summed E-state index contributed by atoms with van der Waals surface area (Å²) < 4.78 is 13.9. The fourth-order valence-corrected chi connectivity index (χ4v) is 3.14. The first kappa shape index (κ1) is 15.3. The van der Waals surface area contributed by atoms with Crippen LogP contribution in [0.25, 0.3) is 0 Å². The van der Waals surface area contributed by atoms with Gasteiger partial charge in [0.2, 0.25) is 0 Å². The molecule has 1 atom stereocenters. The largest absolute Gasteiger partial charge is 0.398 e. The zero-order valence-electron chi connectivity index (χ0n) is 11.9. The molecule has 5 N–H and O–H groups in total. The molecule has 1 amide bonds. The molecule has 6 heteroatoms. The molecule has 0 spiro atoms. The second-order valence-electron chi connectivity index (χ2n) is 5.05. The van der Waals surface area contributed by atoms with Crippen LogP contribution in [0, 0.1) is 12.7 Å². The molecule has 0 bridgehead atoms. The highest BCUT2D eigenvalue weighted by molar-refractivity contribution is 7.11. The molecule has 0 saturated carbocycles. The Balaban J connectivity index is 2.15. The minimum absolute atomic E-state index is 0.0156. The van der Waals surface area contributed by atoms with Crippen LogP contribution in [-0.2, 0) is 6.42 Å². The molecule has 4 nitrogen and oxygen atoms in total. The summed E-state index contributed by atoms with van der Waals surface area (Å²) in [7, 11) is 0. The number of benzene rings is 1. The Morgan fingerprint density at radius 3 is 2.71 bits per heavy atom. The zero-order valence-corrected chi connectivity index (χ0v) is 12.8. The number of nitrogens with two attached hydrogens (primary N) is 2. The highest BCUT2D eigenvalue weighted by Gasteiger charge is 2.14. The fraction of sp³-hybridized carbons (Fsp3) is 0.267. The van der Waals surface area contributed by atoms with Gasteiger partial charge in [0.25, 0.3) is 5.91 Å². The van der Waals surface area contributed by atoms with Crippen LogP contribution < -0.4 is 16.8 Å². The third-order valence-electron chi connectivity index (χ3n) is 3.11. The van der Waals surface area contributed by atoms with E-state index in [0.717, 1.165) is 12.5 Å². The van der Waals surface area contributed by atoms with E-state index in [1.165, 1.54) is 15.8 Å². The molecule has 0 fully saturated rings. The Morgan fingerprint density at radius 1 is 1.43 bits per heavy atom. The summed E-state index contributed by atoms with van der Waals surface area (Å²) in [5.74, 6) is -1.16. The summed E-state index contributed by atoms with van der Waals surface area (Å²) in [6.45, 7) is 4.00. The molecule has 1 heterocycles. The van der Waals surface area contributed by atoms with Crippen LogP contribution in [-0.4, -0.2) is 11.9 Å². The predicted molar refractivity (Wildman–Crippen MR) is 85.2 cm³/mol. The lowest BCUT2D eigenvalue weighted by Crippen LogP contribution is -2.20. The highest BCUT2D eigenvalue weighted by Crippen LogP contribution is 2.24. The van der Waals surface area contributed by atoms with Crippen LogP contribution in [0.3, 0.4) is 0 Å². The Kier molecular flexibility index (Phi) is 4.47. The molecule has 0 radical (unpaired) electrons. The van der Waals surface area contributed by atoms with E-state index in [-0.39, 0.29) is 23.0 Å². The molecule has 0 saturated heterocycles. The minimum Gasteiger partial charge on any atom is -0.398 e. The number of aryl methyl sites for hydroxylation is 1. The first-order valence-corrected chi connectivity index (χ1v) is 7.39. The standard InChI is InChI=1S/C15H18FN3OS/c1-8(5-10-4-3-9(2)21-10)19-14-6-11(15(18)20)13(17)7-12(14)16/h3-4,6-8,19H,5,17H2,1-2H3,(H2,18,20). The quantitative estimate of drug-likeness (QED) is 0.743. The van der Waals surface area contributed by atoms with Gasteiger partial charge in [-0.05, 0) is 38.1 Å². The van der Waals surface area contributed by atoms with Crippen molar-refractivity contribution < 1.29 is 9.18 Å². The molecule has 1 aromatic carbocycles. The summed E-state index contributed by atoms with van der Waals surface area (Å²) in [5.41, 5.74) is 11.2. The summed E-state index contributed by atoms with van der Waals surface area (Å²) in [6, 6.07) is 6.61. The van der Waals surface area contributed by atoms with Gasteiger partial charge in [0.1, 0.15) is 5.82 Å². The number of amides is 1. The maximum absolute atomic E-state index is 13.9. The van der Waals surface area contributed by atoms with Crippen LogP contribution in [0.5, 0.6) is 0 Å². The van der Waals surface area contributed by atoms with Gasteiger partial charge in [-0.3, -0.25) is 4.79 Å². The third kappa shape index (κ3) is 3.72. The number of halogens is 1. The summed E-state index contributed by atoms with van der Waals surface area (Å²) >= 11 is 1.71. The van der Waals surface area contributed by atoms with Crippen molar-refractivity contribution in [3.05, 3.63) is 45.4 Å². The molecule has 0 aliphatic carbocycles. The van der Waals surface area contributed by atoms with Crippen LogP contribution in [0.15, 0.2) is 24.3 Å². The second kappa shape index (κ2) is 6.13. The maximum Gasteiger partial charge on any atom is 0.250 e. The van der Waals surface area contributed by atoms with Crippen LogP contribution >= 0.6 is 11.3 Å². The van der Waals surface area contributed by atoms with E-state index in [9.17, 15) is 9.18 Å². The zero-order chi connectivity index (χ0) is 15.6. The van der Waals surface area contributed by atoms with E-state index < -0.39 is 11.7 Å². The van der Waals surface area contributed by atoms with Gasteiger partial charge in [0, 0.05) is 27.9 Å². The molecule has 21 heavy (non-hydrogen) atoms. The fourth-order valence-electron chi connectivity index (χ4n) is 2.13. The lowest BCUT2D eigenvalue weighted by Gasteiger charge is -2.16. The van der Waals surface area contributed by atoms with Gasteiger partial charge in [-0.15, -0.1) is 11.3 Å². The SMILES string of the molecule is Cc1ccc(CC(C)Nc2cc(C(N)=O)c(N)cc2F)s1. The molecular weight excluding hydrogens is 289 g/mol. The minimum atomic E-state index is -0.669. The van der Waals surface area contributed by atoms with Gasteiger partial charge in [0.05, 0.1) is 11.3 Å². The number of hydrogen-bond acceptors (Lipinski definition) is 4. The van der Waals surface area contributed by atoms with E-state index >= 15 is 0 Å². The van der Waals surface area contributed by atoms with Crippen molar-refractivity contribution in [1.29, 1.82) is 0 Å². The molecule has 112 valence electrons. The predicted octanol–water partition coefficient (Wildman–Crippen LogP) is 2.92. The molecule has 0 aliphatic rings. The lowest BCUT2D eigenvalue weighted by atomic mass is 10.1. The van der Waals surface area contributed by atoms with Gasteiger partial charge in [-0.25, -0.2) is 4.39 Å². The van der Waals surface area contributed by atoms with E-state index in [4.69, 9.17) is 11.5 Å². The van der Waals surface area contributed by atoms with Crippen molar-refractivity contribution in [3.8, 4) is 0 Å². The van der Waals surface area contributed by atoms with Crippen molar-refractivity contribution >= 4 is 28.6 Å². The van der Waals surface area contributed by atoms with Crippen LogP contribution in [0.1, 0.15) is 27.0 Å². The number of rotatable bonds is 5. The number of anilines is 2. The number of nitrogens with one attached hydrogen (secondary N) is 1. The summed E-state index contributed by atoms with van der Waals surface area (Å²) in [4.78, 5) is 13.7. The van der Waals surface area contributed by atoms with Gasteiger partial charge in [0.15, 0.2) is 0 Å². The first-order chi connectivity index (χ1) is 9.86. The number of carbonyl (C=O) groups excluding carboxylic acids is 1. The second-order valence-corrected chi connectivity index (χ2v) is 6.42. The van der Waals surface area contributed by atoms with Gasteiger partial charge in [-0.2, -0.15) is 0 Å². The molecule has 1 unspecified atom stereocenters. The Hall–Kier alpha value is -2.08. The van der Waals surface area contributed by atoms with Crippen molar-refractivity contribution in [2.75, 3.05) is 11.1 Å². The van der Waals surface area contributed by atoms with E-state index in [2.05, 4.69) is 17.4 Å². The number of primary amides is 1. The van der Waals surface area contributed by atoms with Crippen molar-refractivity contribution in [2.24, 2.45) is 5.73 Å². The van der Waals surface area contributed by atoms with Gasteiger partial charge in [-0.1, -0.05) is 0 Å². The van der Waals surface area contributed by atoms with E-state index in [0.29, 0.717) is 0 Å². The average molecular weight is 307 g/mol. The number of hydrogen-bond donors (Lipinski definition) is 3. The van der Waals surface area contributed by atoms with Gasteiger partial charge >= 0.3 is 0 Å². The third-order valence-corrected chi connectivity index (χ3v) is 4.13. The topological polar surface area (TPSA) is 81.1 Å². The first-order valence-electron chi connectivity index (χ1n) is 6.57. The van der Waals surface area contributed by atoms with Gasteiger partial charge < -0.3 is 16.8 Å². The van der Waals surface area contributed by atoms with Crippen LogP contribution in [0.4, 0.5) is 15.8 Å². The Bertz CT molecular complexity index is 669. The maximum atomic E-state index is 13.9. The Morgan fingerprint density at radius 2 is 2.14 bits per heavy atom. The number of carbonyl (C=O) groups is 1. The van der Waals surface area contributed by atoms with Crippen molar-refractivity contribution in [1.82, 2.24) is 0 Å². The highest BCUT2D eigenvalue weighted by atomic mass is 32.1. The normalized spacial score (nSPS) is 12.1. The summed E-state index contributed by atoms with van der Waals surface area (Å²) in [5, 5.41) is 3.06. The molecule has 2 rings (SSSR count). The number of thiophene rings is 1. The van der Waals surface area contributed by atoms with E-state index in [1.54, 1.807) is 11.3 Å². The number of nitrogen functional groups attached to an aromatic ring is 1. The lowest BCUT2D eigenvalue weighted by molar-refractivity contribution is 0.100. The van der Waals surface area contributed by atoms with Crippen molar-refractivity contribution in [2.45, 2.75) is 26.3 Å². The van der Waals surface area contributed by atoms with Crippen molar-refractivity contribution in [3.63, 3.8) is 0 Å². The average Bonchev–Trinajstić information content (AvgIpc) is 2.77. The van der Waals surface area contributed by atoms with E-state index in [1.807, 2.05) is 13.8 Å². The molecule has 2 aromatic rings. The molecular formula is C15H18FN3OS. The molecule has 1 aromatic heterocycles. The Labute approximate surface area is 127 Å².